The van der Waals surface area contributed by atoms with E-state index in [9.17, 15) is 13.2 Å². The summed E-state index contributed by atoms with van der Waals surface area (Å²) < 4.78 is 34.6. The first-order valence-electron chi connectivity index (χ1n) is 11.8. The first-order chi connectivity index (χ1) is 16.9. The lowest BCUT2D eigenvalue weighted by atomic mass is 9.86. The number of nitrogens with zero attached hydrogens (tertiary/aromatic N) is 1. The summed E-state index contributed by atoms with van der Waals surface area (Å²) in [5, 5.41) is 0.464. The Morgan fingerprint density at radius 2 is 1.83 bits per heavy atom. The number of hydrogen-bond acceptors (Lipinski definition) is 4. The van der Waals surface area contributed by atoms with E-state index < -0.39 is 16.1 Å². The molecule has 1 heterocycles. The number of amides is 1. The van der Waals surface area contributed by atoms with Crippen LogP contribution in [0, 0.1) is 0 Å². The van der Waals surface area contributed by atoms with Crippen molar-refractivity contribution in [1.29, 1.82) is 0 Å². The van der Waals surface area contributed by atoms with Crippen molar-refractivity contribution in [3.05, 3.63) is 88.4 Å². The van der Waals surface area contributed by atoms with E-state index in [-0.39, 0.29) is 16.8 Å². The Bertz CT molecular complexity index is 1360. The fourth-order valence-electron chi connectivity index (χ4n) is 4.93. The molecule has 8 heteroatoms. The molecule has 0 saturated heterocycles. The maximum absolute atomic E-state index is 13.6. The Kier molecular flexibility index (Phi) is 6.47. The summed E-state index contributed by atoms with van der Waals surface area (Å²) in [6.07, 6.45) is 2.87. The molecular formula is C27H27ClN2O4S. The number of aryl methyl sites for hydroxylation is 1. The molecule has 2 unspecified atom stereocenters. The molecule has 0 radical (unpaired) electrons. The molecule has 1 aliphatic heterocycles. The lowest BCUT2D eigenvalue weighted by molar-refractivity contribution is -0.141. The number of fused-ring (bicyclic) bond motifs is 2. The number of benzene rings is 3. The highest BCUT2D eigenvalue weighted by molar-refractivity contribution is 7.92. The van der Waals surface area contributed by atoms with Gasteiger partial charge < -0.3 is 9.64 Å². The van der Waals surface area contributed by atoms with Crippen LogP contribution in [-0.4, -0.2) is 25.3 Å². The van der Waals surface area contributed by atoms with Crippen LogP contribution in [0.15, 0.2) is 71.6 Å². The molecule has 35 heavy (non-hydrogen) atoms. The van der Waals surface area contributed by atoms with Gasteiger partial charge in [-0.15, -0.1) is 0 Å². The number of sulfonamides is 1. The summed E-state index contributed by atoms with van der Waals surface area (Å²) in [5.74, 6) is 0.569. The van der Waals surface area contributed by atoms with Crippen molar-refractivity contribution in [3.8, 4) is 5.75 Å². The van der Waals surface area contributed by atoms with Crippen LogP contribution in [0.25, 0.3) is 0 Å². The third-order valence-corrected chi connectivity index (χ3v) is 8.34. The third-order valence-electron chi connectivity index (χ3n) is 6.69. The van der Waals surface area contributed by atoms with Gasteiger partial charge in [-0.1, -0.05) is 42.8 Å². The quantitative estimate of drug-likeness (QED) is 0.476. The molecule has 182 valence electrons. The van der Waals surface area contributed by atoms with E-state index in [1.807, 2.05) is 24.0 Å². The van der Waals surface area contributed by atoms with Crippen molar-refractivity contribution in [2.24, 2.45) is 0 Å². The number of rotatable bonds is 5. The van der Waals surface area contributed by atoms with E-state index in [1.165, 1.54) is 35.4 Å². The van der Waals surface area contributed by atoms with Crippen molar-refractivity contribution in [1.82, 2.24) is 4.90 Å². The van der Waals surface area contributed by atoms with E-state index in [2.05, 4.69) is 16.9 Å². The first kappa shape index (κ1) is 23.7. The second-order valence-electron chi connectivity index (χ2n) is 8.97. The zero-order valence-corrected chi connectivity index (χ0v) is 21.0. The molecule has 1 N–H and O–H groups in total. The minimum atomic E-state index is -3.80. The van der Waals surface area contributed by atoms with Crippen LogP contribution in [0.4, 0.5) is 5.69 Å². The standard InChI is InChI=1S/C27H27ClN2O4S/c1-2-25-27(31)30(24-9-5-7-18-6-3-4-8-23(18)24)17-19-16-21(12-15-26(19)34-25)29-35(32,33)22-13-10-20(28)11-14-22/h3-4,6,8,10-16,24-25,29H,2,5,7,9,17H2,1H3. The molecule has 2 atom stereocenters. The van der Waals surface area contributed by atoms with Crippen LogP contribution >= 0.6 is 11.6 Å². The van der Waals surface area contributed by atoms with Crippen molar-refractivity contribution in [2.75, 3.05) is 4.72 Å². The lowest BCUT2D eigenvalue weighted by Crippen LogP contribution is -2.42. The van der Waals surface area contributed by atoms with Gasteiger partial charge in [0.1, 0.15) is 5.75 Å². The highest BCUT2D eigenvalue weighted by Gasteiger charge is 2.36. The SMILES string of the molecule is CCC1Oc2ccc(NS(=O)(=O)c3ccc(Cl)cc3)cc2CN(C2CCCc3ccccc32)C1=O. The molecule has 0 bridgehead atoms. The lowest BCUT2D eigenvalue weighted by Gasteiger charge is -2.36. The molecular weight excluding hydrogens is 484 g/mol. The Morgan fingerprint density at radius 3 is 2.60 bits per heavy atom. The highest BCUT2D eigenvalue weighted by Crippen LogP contribution is 2.39. The fourth-order valence-corrected chi connectivity index (χ4v) is 6.11. The van der Waals surface area contributed by atoms with Gasteiger partial charge in [-0.05, 0) is 79.3 Å². The molecule has 2 aliphatic rings. The maximum Gasteiger partial charge on any atom is 0.264 e. The van der Waals surface area contributed by atoms with E-state index in [0.29, 0.717) is 29.4 Å². The number of nitrogens with one attached hydrogen (secondary N) is 1. The van der Waals surface area contributed by atoms with Crippen LogP contribution in [0.5, 0.6) is 5.75 Å². The minimum Gasteiger partial charge on any atom is -0.480 e. The second kappa shape index (κ2) is 9.55. The van der Waals surface area contributed by atoms with Crippen LogP contribution < -0.4 is 9.46 Å². The monoisotopic (exact) mass is 510 g/mol. The van der Waals surface area contributed by atoms with Gasteiger partial charge in [0.15, 0.2) is 6.10 Å². The molecule has 3 aromatic carbocycles. The average molecular weight is 511 g/mol. The summed E-state index contributed by atoms with van der Waals surface area (Å²) in [6, 6.07) is 19.4. The number of carbonyl (C=O) groups excluding carboxylic acids is 1. The summed E-state index contributed by atoms with van der Waals surface area (Å²) in [6.45, 7) is 2.29. The van der Waals surface area contributed by atoms with Crippen molar-refractivity contribution >= 4 is 33.2 Å². The maximum atomic E-state index is 13.6. The fraction of sp³-hybridized carbons (Fsp3) is 0.296. The number of halogens is 1. The summed E-state index contributed by atoms with van der Waals surface area (Å²) >= 11 is 5.90. The van der Waals surface area contributed by atoms with Gasteiger partial charge in [-0.25, -0.2) is 8.42 Å². The number of carbonyl (C=O) groups is 1. The predicted octanol–water partition coefficient (Wildman–Crippen LogP) is 5.72. The predicted molar refractivity (Wildman–Crippen MR) is 136 cm³/mol. The molecule has 1 aliphatic carbocycles. The molecule has 0 spiro atoms. The Morgan fingerprint density at radius 1 is 1.06 bits per heavy atom. The smallest absolute Gasteiger partial charge is 0.264 e. The normalized spacial score (nSPS) is 19.8. The average Bonchev–Trinajstić information content (AvgIpc) is 2.99. The van der Waals surface area contributed by atoms with Crippen molar-refractivity contribution in [2.45, 2.75) is 56.2 Å². The van der Waals surface area contributed by atoms with Crippen LogP contribution in [0.1, 0.15) is 48.9 Å². The van der Waals surface area contributed by atoms with Gasteiger partial charge in [0.25, 0.3) is 15.9 Å². The van der Waals surface area contributed by atoms with Gasteiger partial charge in [0.2, 0.25) is 0 Å². The van der Waals surface area contributed by atoms with E-state index in [1.54, 1.807) is 18.2 Å². The van der Waals surface area contributed by atoms with Gasteiger partial charge in [0.05, 0.1) is 17.5 Å². The number of ether oxygens (including phenoxy) is 1. The van der Waals surface area contributed by atoms with E-state index in [0.717, 1.165) is 24.8 Å². The Hall–Kier alpha value is -3.03. The van der Waals surface area contributed by atoms with Crippen molar-refractivity contribution < 1.29 is 17.9 Å². The largest absolute Gasteiger partial charge is 0.480 e. The zero-order chi connectivity index (χ0) is 24.6. The molecule has 0 aromatic heterocycles. The first-order valence-corrected chi connectivity index (χ1v) is 13.7. The summed E-state index contributed by atoms with van der Waals surface area (Å²) in [4.78, 5) is 15.6. The van der Waals surface area contributed by atoms with Gasteiger partial charge in [-0.3, -0.25) is 9.52 Å². The molecule has 5 rings (SSSR count). The van der Waals surface area contributed by atoms with Gasteiger partial charge in [-0.2, -0.15) is 0 Å². The van der Waals surface area contributed by atoms with Crippen LogP contribution in [0.2, 0.25) is 5.02 Å². The third kappa shape index (κ3) is 4.75. The van der Waals surface area contributed by atoms with Gasteiger partial charge >= 0.3 is 0 Å². The Balaban J connectivity index is 1.48. The molecule has 1 amide bonds. The minimum absolute atomic E-state index is 0.0336. The summed E-state index contributed by atoms with van der Waals surface area (Å²) in [5.41, 5.74) is 3.65. The van der Waals surface area contributed by atoms with Gasteiger partial charge in [0, 0.05) is 16.3 Å². The molecule has 3 aromatic rings. The van der Waals surface area contributed by atoms with Crippen LogP contribution in [-0.2, 0) is 27.8 Å². The molecule has 0 fully saturated rings. The summed E-state index contributed by atoms with van der Waals surface area (Å²) in [7, 11) is -3.80. The second-order valence-corrected chi connectivity index (χ2v) is 11.1. The zero-order valence-electron chi connectivity index (χ0n) is 19.4. The highest BCUT2D eigenvalue weighted by atomic mass is 35.5. The Labute approximate surface area is 210 Å². The van der Waals surface area contributed by atoms with Crippen LogP contribution in [0.3, 0.4) is 0 Å². The number of anilines is 1. The topological polar surface area (TPSA) is 75.7 Å². The number of hydrogen-bond donors (Lipinski definition) is 1. The van der Waals surface area contributed by atoms with E-state index >= 15 is 0 Å². The van der Waals surface area contributed by atoms with E-state index in [4.69, 9.17) is 16.3 Å². The molecule has 0 saturated carbocycles. The van der Waals surface area contributed by atoms with Crippen molar-refractivity contribution in [3.63, 3.8) is 0 Å². The molecule has 6 nitrogen and oxygen atoms in total.